The third-order valence-electron chi connectivity index (χ3n) is 3.76. The van der Waals surface area contributed by atoms with Crippen LogP contribution in [0.15, 0.2) is 48.5 Å². The van der Waals surface area contributed by atoms with Crippen molar-refractivity contribution in [1.82, 2.24) is 5.32 Å². The van der Waals surface area contributed by atoms with Crippen LogP contribution in [0.25, 0.3) is 0 Å². The predicted molar refractivity (Wildman–Crippen MR) is 98.5 cm³/mol. The zero-order chi connectivity index (χ0) is 18.2. The summed E-state index contributed by atoms with van der Waals surface area (Å²) in [6.45, 7) is 4.15. The average molecular weight is 340 g/mol. The molecule has 0 atom stereocenters. The third-order valence-corrected chi connectivity index (χ3v) is 3.76. The van der Waals surface area contributed by atoms with Crippen molar-refractivity contribution in [2.45, 2.75) is 26.8 Å². The molecule has 0 fully saturated rings. The molecule has 0 unspecified atom stereocenters. The average Bonchev–Trinajstić information content (AvgIpc) is 2.61. The van der Waals surface area contributed by atoms with Crippen molar-refractivity contribution in [3.63, 3.8) is 0 Å². The molecule has 5 heteroatoms. The first kappa shape index (κ1) is 18.5. The topological polar surface area (TPSA) is 67.4 Å². The van der Waals surface area contributed by atoms with Gasteiger partial charge in [-0.2, -0.15) is 0 Å². The van der Waals surface area contributed by atoms with Crippen LogP contribution in [-0.4, -0.2) is 18.9 Å². The van der Waals surface area contributed by atoms with E-state index in [0.29, 0.717) is 13.0 Å². The van der Waals surface area contributed by atoms with E-state index in [0.717, 1.165) is 22.6 Å². The highest BCUT2D eigenvalue weighted by molar-refractivity contribution is 5.92. The van der Waals surface area contributed by atoms with Crippen LogP contribution < -0.4 is 15.4 Å². The summed E-state index contributed by atoms with van der Waals surface area (Å²) in [6, 6.07) is 14.9. The fourth-order valence-corrected chi connectivity index (χ4v) is 2.18. The van der Waals surface area contributed by atoms with Crippen molar-refractivity contribution in [3.05, 3.63) is 59.7 Å². The third kappa shape index (κ3) is 5.95. The van der Waals surface area contributed by atoms with Crippen molar-refractivity contribution >= 4 is 17.5 Å². The van der Waals surface area contributed by atoms with Gasteiger partial charge in [-0.05, 0) is 35.4 Å². The molecule has 2 rings (SSSR count). The molecule has 0 saturated heterocycles. The molecule has 0 aromatic heterocycles. The molecule has 132 valence electrons. The maximum absolute atomic E-state index is 12.0. The van der Waals surface area contributed by atoms with E-state index in [4.69, 9.17) is 4.74 Å². The molecule has 0 aliphatic heterocycles. The molecular weight excluding hydrogens is 316 g/mol. The van der Waals surface area contributed by atoms with Crippen LogP contribution in [0.3, 0.4) is 0 Å². The second-order valence-corrected chi connectivity index (χ2v) is 6.14. The lowest BCUT2D eigenvalue weighted by molar-refractivity contribution is -0.120. The van der Waals surface area contributed by atoms with Gasteiger partial charge in [0, 0.05) is 18.2 Å². The summed E-state index contributed by atoms with van der Waals surface area (Å²) < 4.78 is 5.10. The van der Waals surface area contributed by atoms with E-state index < -0.39 is 0 Å². The number of nitrogens with one attached hydrogen (secondary N) is 2. The van der Waals surface area contributed by atoms with Crippen molar-refractivity contribution < 1.29 is 14.3 Å². The number of hydrogen-bond acceptors (Lipinski definition) is 3. The molecule has 2 aromatic rings. The van der Waals surface area contributed by atoms with Gasteiger partial charge in [-0.1, -0.05) is 38.1 Å². The Balaban J connectivity index is 1.81. The lowest BCUT2D eigenvalue weighted by Crippen LogP contribution is -2.24. The monoisotopic (exact) mass is 340 g/mol. The van der Waals surface area contributed by atoms with E-state index in [1.165, 1.54) is 0 Å². The fraction of sp³-hybridized carbons (Fsp3) is 0.300. The van der Waals surface area contributed by atoms with Gasteiger partial charge in [-0.3, -0.25) is 9.59 Å². The summed E-state index contributed by atoms with van der Waals surface area (Å²) in [5.41, 5.74) is 2.67. The summed E-state index contributed by atoms with van der Waals surface area (Å²) >= 11 is 0. The second kappa shape index (κ2) is 8.87. The van der Waals surface area contributed by atoms with Gasteiger partial charge in [0.15, 0.2) is 0 Å². The lowest BCUT2D eigenvalue weighted by atomic mass is 10.1. The Bertz CT molecular complexity index is 707. The van der Waals surface area contributed by atoms with Gasteiger partial charge in [0.05, 0.1) is 13.5 Å². The van der Waals surface area contributed by atoms with Crippen molar-refractivity contribution in [2.24, 2.45) is 5.92 Å². The molecule has 5 nitrogen and oxygen atoms in total. The molecule has 2 aromatic carbocycles. The number of rotatable bonds is 7. The Morgan fingerprint density at radius 3 is 2.12 bits per heavy atom. The molecule has 0 radical (unpaired) electrons. The van der Waals surface area contributed by atoms with Crippen molar-refractivity contribution in [3.8, 4) is 5.75 Å². The maximum Gasteiger partial charge on any atom is 0.226 e. The summed E-state index contributed by atoms with van der Waals surface area (Å²) in [4.78, 5) is 23.7. The lowest BCUT2D eigenvalue weighted by Gasteiger charge is -2.09. The zero-order valence-corrected chi connectivity index (χ0v) is 14.8. The molecule has 25 heavy (non-hydrogen) atoms. The van der Waals surface area contributed by atoms with Crippen LogP contribution in [0.4, 0.5) is 5.69 Å². The number of methoxy groups -OCH3 is 1. The summed E-state index contributed by atoms with van der Waals surface area (Å²) in [5, 5.41) is 5.74. The highest BCUT2D eigenvalue weighted by Gasteiger charge is 2.07. The summed E-state index contributed by atoms with van der Waals surface area (Å²) in [7, 11) is 1.61. The van der Waals surface area contributed by atoms with E-state index >= 15 is 0 Å². The number of anilines is 1. The molecular formula is C20H24N2O3. The standard InChI is InChI=1S/C20H24N2O3/c1-14(2)20(24)22-17-8-4-16(5-9-17)13-21-19(23)12-15-6-10-18(25-3)11-7-15/h4-11,14H,12-13H2,1-3H3,(H,21,23)(H,22,24). The van der Waals surface area contributed by atoms with Crippen molar-refractivity contribution in [2.75, 3.05) is 12.4 Å². The Morgan fingerprint density at radius 1 is 0.960 bits per heavy atom. The highest BCUT2D eigenvalue weighted by Crippen LogP contribution is 2.13. The van der Waals surface area contributed by atoms with Gasteiger partial charge in [0.1, 0.15) is 5.75 Å². The van der Waals surface area contributed by atoms with Crippen LogP contribution >= 0.6 is 0 Å². The van der Waals surface area contributed by atoms with E-state index in [1.807, 2.05) is 62.4 Å². The molecule has 0 aliphatic carbocycles. The minimum absolute atomic E-state index is 0.0134. The first-order valence-electron chi connectivity index (χ1n) is 8.27. The molecule has 2 N–H and O–H groups in total. The molecule has 0 spiro atoms. The predicted octanol–water partition coefficient (Wildman–Crippen LogP) is 3.15. The smallest absolute Gasteiger partial charge is 0.226 e. The minimum atomic E-state index is -0.0584. The van der Waals surface area contributed by atoms with E-state index in [-0.39, 0.29) is 17.7 Å². The number of hydrogen-bond donors (Lipinski definition) is 2. The molecule has 2 amide bonds. The van der Waals surface area contributed by atoms with E-state index in [1.54, 1.807) is 7.11 Å². The van der Waals surface area contributed by atoms with Gasteiger partial charge in [-0.15, -0.1) is 0 Å². The Kier molecular flexibility index (Phi) is 6.57. The minimum Gasteiger partial charge on any atom is -0.497 e. The number of carbonyl (C=O) groups is 2. The largest absolute Gasteiger partial charge is 0.497 e. The number of carbonyl (C=O) groups excluding carboxylic acids is 2. The Labute approximate surface area is 148 Å². The fourth-order valence-electron chi connectivity index (χ4n) is 2.18. The molecule has 0 saturated carbocycles. The van der Waals surface area contributed by atoms with Gasteiger partial charge < -0.3 is 15.4 Å². The zero-order valence-electron chi connectivity index (χ0n) is 14.8. The first-order valence-corrected chi connectivity index (χ1v) is 8.27. The summed E-state index contributed by atoms with van der Waals surface area (Å²) in [5.74, 6) is 0.661. The van der Waals surface area contributed by atoms with Gasteiger partial charge in [0.25, 0.3) is 0 Å². The summed E-state index contributed by atoms with van der Waals surface area (Å²) in [6.07, 6.45) is 0.326. The van der Waals surface area contributed by atoms with Crippen LogP contribution in [-0.2, 0) is 22.6 Å². The van der Waals surface area contributed by atoms with Crippen LogP contribution in [0.1, 0.15) is 25.0 Å². The second-order valence-electron chi connectivity index (χ2n) is 6.14. The quantitative estimate of drug-likeness (QED) is 0.814. The van der Waals surface area contributed by atoms with Crippen LogP contribution in [0, 0.1) is 5.92 Å². The van der Waals surface area contributed by atoms with Crippen LogP contribution in [0.5, 0.6) is 5.75 Å². The molecule has 0 aliphatic rings. The van der Waals surface area contributed by atoms with Gasteiger partial charge >= 0.3 is 0 Å². The van der Waals surface area contributed by atoms with Gasteiger partial charge in [0.2, 0.25) is 11.8 Å². The normalized spacial score (nSPS) is 10.4. The SMILES string of the molecule is COc1ccc(CC(=O)NCc2ccc(NC(=O)C(C)C)cc2)cc1. The van der Waals surface area contributed by atoms with E-state index in [2.05, 4.69) is 10.6 Å². The highest BCUT2D eigenvalue weighted by atomic mass is 16.5. The number of benzene rings is 2. The Morgan fingerprint density at radius 2 is 1.56 bits per heavy atom. The molecule has 0 bridgehead atoms. The van der Waals surface area contributed by atoms with Gasteiger partial charge in [-0.25, -0.2) is 0 Å². The van der Waals surface area contributed by atoms with Crippen molar-refractivity contribution in [1.29, 1.82) is 0 Å². The first-order chi connectivity index (χ1) is 12.0. The van der Waals surface area contributed by atoms with E-state index in [9.17, 15) is 9.59 Å². The number of ether oxygens (including phenoxy) is 1. The molecule has 0 heterocycles. The number of amides is 2. The maximum atomic E-state index is 12.0. The Hall–Kier alpha value is -2.82. The van der Waals surface area contributed by atoms with Crippen LogP contribution in [0.2, 0.25) is 0 Å².